The smallest absolute Gasteiger partial charge is 0.240 e. The summed E-state index contributed by atoms with van der Waals surface area (Å²) in [6.07, 6.45) is 2.55. The summed E-state index contributed by atoms with van der Waals surface area (Å²) in [5, 5.41) is 3.38. The molecule has 2 bridgehead atoms. The van der Waals surface area contributed by atoms with E-state index in [9.17, 15) is 4.79 Å². The highest BCUT2D eigenvalue weighted by atomic mass is 16.2. The Hall–Kier alpha value is -0.650. The molecule has 4 unspecified atom stereocenters. The molecule has 5 heteroatoms. The van der Waals surface area contributed by atoms with Gasteiger partial charge < -0.3 is 15.1 Å². The van der Waals surface area contributed by atoms with Crippen LogP contribution in [0.25, 0.3) is 0 Å². The van der Waals surface area contributed by atoms with E-state index in [1.165, 1.54) is 32.5 Å². The molecular formula is C14H26N4O. The Kier molecular flexibility index (Phi) is 3.78. The van der Waals surface area contributed by atoms with Crippen LogP contribution in [0.5, 0.6) is 0 Å². The molecule has 19 heavy (non-hydrogen) atoms. The molecule has 1 amide bonds. The van der Waals surface area contributed by atoms with Crippen molar-refractivity contribution in [2.45, 2.75) is 24.9 Å². The van der Waals surface area contributed by atoms with Crippen LogP contribution in [0.4, 0.5) is 0 Å². The normalized spacial score (nSPS) is 39.3. The van der Waals surface area contributed by atoms with Crippen LogP contribution in [-0.4, -0.2) is 86.1 Å². The molecule has 3 rings (SSSR count). The summed E-state index contributed by atoms with van der Waals surface area (Å²) in [5.41, 5.74) is 0. The van der Waals surface area contributed by atoms with Crippen LogP contribution < -0.4 is 5.32 Å². The van der Waals surface area contributed by atoms with E-state index in [0.29, 0.717) is 6.04 Å². The van der Waals surface area contributed by atoms with Crippen LogP contribution in [0.15, 0.2) is 0 Å². The second-order valence-corrected chi connectivity index (χ2v) is 6.40. The van der Waals surface area contributed by atoms with Crippen molar-refractivity contribution in [2.75, 3.05) is 53.4 Å². The fraction of sp³-hybridized carbons (Fsp3) is 0.929. The van der Waals surface area contributed by atoms with E-state index in [2.05, 4.69) is 15.1 Å². The number of amides is 1. The molecule has 0 aromatic carbocycles. The van der Waals surface area contributed by atoms with Gasteiger partial charge in [-0.05, 0) is 31.8 Å². The van der Waals surface area contributed by atoms with Gasteiger partial charge in [-0.15, -0.1) is 0 Å². The number of piperazine rings is 1. The van der Waals surface area contributed by atoms with E-state index in [4.69, 9.17) is 0 Å². The molecule has 3 aliphatic rings. The lowest BCUT2D eigenvalue weighted by Gasteiger charge is -2.45. The molecule has 3 heterocycles. The first kappa shape index (κ1) is 13.3. The molecule has 108 valence electrons. The number of hydrogen-bond donors (Lipinski definition) is 1. The highest BCUT2D eigenvalue weighted by Crippen LogP contribution is 2.32. The summed E-state index contributed by atoms with van der Waals surface area (Å²) in [5.74, 6) is 1.04. The summed E-state index contributed by atoms with van der Waals surface area (Å²) < 4.78 is 0. The summed E-state index contributed by atoms with van der Waals surface area (Å²) in [4.78, 5) is 19.2. The number of carbonyl (C=O) groups excluding carboxylic acids is 1. The van der Waals surface area contributed by atoms with Gasteiger partial charge in [-0.3, -0.25) is 9.69 Å². The van der Waals surface area contributed by atoms with E-state index in [1.54, 1.807) is 4.90 Å². The fourth-order valence-corrected chi connectivity index (χ4v) is 4.01. The van der Waals surface area contributed by atoms with Crippen LogP contribution in [0, 0.1) is 5.92 Å². The third-order valence-corrected chi connectivity index (χ3v) is 5.03. The summed E-state index contributed by atoms with van der Waals surface area (Å²) >= 11 is 0. The quantitative estimate of drug-likeness (QED) is 0.727. The zero-order valence-corrected chi connectivity index (χ0v) is 12.1. The minimum absolute atomic E-state index is 0.0425. The van der Waals surface area contributed by atoms with E-state index < -0.39 is 0 Å². The zero-order valence-electron chi connectivity index (χ0n) is 12.1. The summed E-state index contributed by atoms with van der Waals surface area (Å²) in [7, 11) is 3.74. The predicted molar refractivity (Wildman–Crippen MR) is 75.0 cm³/mol. The largest absolute Gasteiger partial charge is 0.347 e. The topological polar surface area (TPSA) is 38.8 Å². The van der Waals surface area contributed by atoms with Crippen molar-refractivity contribution in [1.29, 1.82) is 0 Å². The molecule has 3 aliphatic heterocycles. The molecule has 3 fully saturated rings. The van der Waals surface area contributed by atoms with E-state index in [1.807, 2.05) is 14.1 Å². The fourth-order valence-electron chi connectivity index (χ4n) is 4.01. The molecule has 0 saturated carbocycles. The number of nitrogens with one attached hydrogen (secondary N) is 1. The van der Waals surface area contributed by atoms with E-state index in [-0.39, 0.29) is 11.9 Å². The van der Waals surface area contributed by atoms with Gasteiger partial charge in [0.2, 0.25) is 5.91 Å². The molecule has 0 aromatic heterocycles. The first-order valence-corrected chi connectivity index (χ1v) is 7.57. The second kappa shape index (κ2) is 5.38. The molecule has 3 saturated heterocycles. The SMILES string of the molecule is CN(C)C(=O)C1CNCCN1C1CCN2CCC1C2. The number of nitrogens with zero attached hydrogens (tertiary/aromatic N) is 3. The van der Waals surface area contributed by atoms with Gasteiger partial charge in [-0.25, -0.2) is 0 Å². The lowest BCUT2D eigenvalue weighted by Crippen LogP contribution is -2.62. The number of fused-ring (bicyclic) bond motifs is 2. The lowest BCUT2D eigenvalue weighted by molar-refractivity contribution is -0.137. The van der Waals surface area contributed by atoms with Crippen molar-refractivity contribution in [3.05, 3.63) is 0 Å². The van der Waals surface area contributed by atoms with Gasteiger partial charge in [0.25, 0.3) is 0 Å². The first-order chi connectivity index (χ1) is 9.16. The average molecular weight is 266 g/mol. The Morgan fingerprint density at radius 2 is 2.00 bits per heavy atom. The standard InChI is InChI=1S/C14H26N4O/c1-16(2)14(19)13-9-15-5-8-18(13)12-4-7-17-6-3-11(12)10-17/h11-13,15H,3-10H2,1-2H3. The summed E-state index contributed by atoms with van der Waals surface area (Å²) in [6.45, 7) is 6.57. The Morgan fingerprint density at radius 1 is 1.21 bits per heavy atom. The molecule has 0 aromatic rings. The minimum atomic E-state index is 0.0425. The van der Waals surface area contributed by atoms with Crippen LogP contribution in [0.2, 0.25) is 0 Å². The highest BCUT2D eigenvalue weighted by Gasteiger charge is 2.42. The third kappa shape index (κ3) is 2.51. The van der Waals surface area contributed by atoms with Crippen molar-refractivity contribution in [3.8, 4) is 0 Å². The maximum absolute atomic E-state index is 12.4. The Balaban J connectivity index is 1.74. The average Bonchev–Trinajstić information content (AvgIpc) is 2.80. The summed E-state index contributed by atoms with van der Waals surface area (Å²) in [6, 6.07) is 0.663. The number of hydrogen-bond acceptors (Lipinski definition) is 4. The minimum Gasteiger partial charge on any atom is -0.347 e. The number of likely N-dealkylation sites (N-methyl/N-ethyl adjacent to an activating group) is 1. The highest BCUT2D eigenvalue weighted by molar-refractivity contribution is 5.81. The van der Waals surface area contributed by atoms with Gasteiger partial charge >= 0.3 is 0 Å². The molecule has 4 atom stereocenters. The number of rotatable bonds is 2. The predicted octanol–water partition coefficient (Wildman–Crippen LogP) is -0.557. The number of carbonyl (C=O) groups is 1. The Bertz CT molecular complexity index is 346. The Morgan fingerprint density at radius 3 is 2.79 bits per heavy atom. The van der Waals surface area contributed by atoms with Crippen molar-refractivity contribution >= 4 is 5.91 Å². The molecule has 1 N–H and O–H groups in total. The van der Waals surface area contributed by atoms with Gasteiger partial charge in [0, 0.05) is 46.3 Å². The van der Waals surface area contributed by atoms with Crippen molar-refractivity contribution < 1.29 is 4.79 Å². The molecule has 0 radical (unpaired) electrons. The van der Waals surface area contributed by atoms with Gasteiger partial charge in [0.15, 0.2) is 0 Å². The van der Waals surface area contributed by atoms with Crippen molar-refractivity contribution in [1.82, 2.24) is 20.0 Å². The van der Waals surface area contributed by atoms with Gasteiger partial charge in [-0.1, -0.05) is 0 Å². The zero-order chi connectivity index (χ0) is 13.4. The van der Waals surface area contributed by atoms with Crippen LogP contribution in [-0.2, 0) is 4.79 Å². The third-order valence-electron chi connectivity index (χ3n) is 5.03. The van der Waals surface area contributed by atoms with Crippen molar-refractivity contribution in [2.24, 2.45) is 5.92 Å². The van der Waals surface area contributed by atoms with Gasteiger partial charge in [-0.2, -0.15) is 0 Å². The van der Waals surface area contributed by atoms with Crippen LogP contribution in [0.1, 0.15) is 12.8 Å². The molecule has 0 spiro atoms. The number of piperidine rings is 1. The molecule has 0 aliphatic carbocycles. The monoisotopic (exact) mass is 266 g/mol. The van der Waals surface area contributed by atoms with E-state index >= 15 is 0 Å². The lowest BCUT2D eigenvalue weighted by atomic mass is 9.90. The molecule has 5 nitrogen and oxygen atoms in total. The maximum Gasteiger partial charge on any atom is 0.240 e. The first-order valence-electron chi connectivity index (χ1n) is 7.57. The second-order valence-electron chi connectivity index (χ2n) is 6.40. The molecular weight excluding hydrogens is 240 g/mol. The van der Waals surface area contributed by atoms with Crippen LogP contribution in [0.3, 0.4) is 0 Å². The van der Waals surface area contributed by atoms with Crippen molar-refractivity contribution in [3.63, 3.8) is 0 Å². The van der Waals surface area contributed by atoms with E-state index in [0.717, 1.165) is 25.6 Å². The van der Waals surface area contributed by atoms with Gasteiger partial charge in [0.1, 0.15) is 6.04 Å². The Labute approximate surface area is 115 Å². The maximum atomic E-state index is 12.4. The van der Waals surface area contributed by atoms with Crippen LogP contribution >= 0.6 is 0 Å². The van der Waals surface area contributed by atoms with Gasteiger partial charge in [0.05, 0.1) is 0 Å².